The first kappa shape index (κ1) is 10.9. The average Bonchev–Trinajstić information content (AvgIpc) is 2.64. The fourth-order valence-electron chi connectivity index (χ4n) is 1.32. The molecule has 1 aromatic heterocycles. The van der Waals surface area contributed by atoms with Crippen molar-refractivity contribution < 1.29 is 5.11 Å². The molecule has 0 amide bonds. The quantitative estimate of drug-likeness (QED) is 0.894. The van der Waals surface area contributed by atoms with Crippen LogP contribution in [0.2, 0.25) is 10.2 Å². The highest BCUT2D eigenvalue weighted by Gasteiger charge is 2.10. The Labute approximate surface area is 101 Å². The van der Waals surface area contributed by atoms with Gasteiger partial charge in [-0.25, -0.2) is 4.98 Å². The molecule has 0 aliphatic carbocycles. The summed E-state index contributed by atoms with van der Waals surface area (Å²) in [7, 11) is 0. The van der Waals surface area contributed by atoms with Gasteiger partial charge in [-0.2, -0.15) is 0 Å². The molecule has 0 radical (unpaired) electrons. The van der Waals surface area contributed by atoms with E-state index in [0.29, 0.717) is 10.2 Å². The molecule has 0 bridgehead atoms. The van der Waals surface area contributed by atoms with Gasteiger partial charge < -0.3 is 5.11 Å². The second kappa shape index (κ2) is 4.49. The normalized spacial score (nSPS) is 10.6. The Bertz CT molecular complexity index is 484. The number of aliphatic hydroxyl groups excluding tert-OH is 1. The number of hydrogen-bond donors (Lipinski definition) is 1. The number of aromatic nitrogens is 1. The Hall–Kier alpha value is -0.610. The SMILES string of the molecule is OCc1cc(Cl)ccc1-c1scnc1Cl. The van der Waals surface area contributed by atoms with Crippen LogP contribution in [0.1, 0.15) is 5.56 Å². The molecule has 0 aliphatic rings. The van der Waals surface area contributed by atoms with Crippen LogP contribution in [-0.4, -0.2) is 10.1 Å². The Balaban J connectivity index is 2.58. The van der Waals surface area contributed by atoms with E-state index in [1.165, 1.54) is 11.3 Å². The summed E-state index contributed by atoms with van der Waals surface area (Å²) in [6.45, 7) is -0.0654. The molecule has 2 aromatic rings. The molecule has 15 heavy (non-hydrogen) atoms. The Morgan fingerprint density at radius 2 is 2.13 bits per heavy atom. The van der Waals surface area contributed by atoms with E-state index in [9.17, 15) is 5.11 Å². The monoisotopic (exact) mass is 259 g/mol. The van der Waals surface area contributed by atoms with Crippen LogP contribution < -0.4 is 0 Å². The number of benzene rings is 1. The van der Waals surface area contributed by atoms with Crippen molar-refractivity contribution in [3.63, 3.8) is 0 Å². The fourth-order valence-corrected chi connectivity index (χ4v) is 2.60. The Kier molecular flexibility index (Phi) is 3.26. The summed E-state index contributed by atoms with van der Waals surface area (Å²) in [5, 5.41) is 10.3. The number of thiazole rings is 1. The smallest absolute Gasteiger partial charge is 0.147 e. The molecule has 0 atom stereocenters. The third-order valence-corrected chi connectivity index (χ3v) is 3.50. The van der Waals surface area contributed by atoms with Gasteiger partial charge in [0.05, 0.1) is 17.0 Å². The second-order valence-electron chi connectivity index (χ2n) is 2.93. The van der Waals surface area contributed by atoms with Crippen molar-refractivity contribution in [2.45, 2.75) is 6.61 Å². The first-order valence-electron chi connectivity index (χ1n) is 4.21. The molecular weight excluding hydrogens is 253 g/mol. The minimum atomic E-state index is -0.0654. The summed E-state index contributed by atoms with van der Waals surface area (Å²) >= 11 is 13.2. The zero-order valence-corrected chi connectivity index (χ0v) is 9.90. The molecule has 0 unspecified atom stereocenters. The number of hydrogen-bond acceptors (Lipinski definition) is 3. The van der Waals surface area contributed by atoms with Gasteiger partial charge in [0.1, 0.15) is 5.15 Å². The molecular formula is C10H7Cl2NOS. The van der Waals surface area contributed by atoms with Crippen molar-refractivity contribution in [3.05, 3.63) is 39.4 Å². The van der Waals surface area contributed by atoms with E-state index >= 15 is 0 Å². The summed E-state index contributed by atoms with van der Waals surface area (Å²) in [5.74, 6) is 0. The van der Waals surface area contributed by atoms with Crippen molar-refractivity contribution in [1.29, 1.82) is 0 Å². The predicted octanol–water partition coefficient (Wildman–Crippen LogP) is 3.61. The highest BCUT2D eigenvalue weighted by Crippen LogP contribution is 2.34. The van der Waals surface area contributed by atoms with Crippen molar-refractivity contribution in [1.82, 2.24) is 4.98 Å². The van der Waals surface area contributed by atoms with Crippen LogP contribution in [0.4, 0.5) is 0 Å². The van der Waals surface area contributed by atoms with Gasteiger partial charge in [0.2, 0.25) is 0 Å². The first-order valence-corrected chi connectivity index (χ1v) is 5.84. The van der Waals surface area contributed by atoms with Crippen LogP contribution in [0.15, 0.2) is 23.7 Å². The minimum Gasteiger partial charge on any atom is -0.392 e. The van der Waals surface area contributed by atoms with Crippen LogP contribution in [0.5, 0.6) is 0 Å². The van der Waals surface area contributed by atoms with Crippen molar-refractivity contribution in [3.8, 4) is 10.4 Å². The number of halogens is 2. The van der Waals surface area contributed by atoms with E-state index in [4.69, 9.17) is 23.2 Å². The Morgan fingerprint density at radius 1 is 1.33 bits per heavy atom. The van der Waals surface area contributed by atoms with E-state index in [1.54, 1.807) is 17.6 Å². The summed E-state index contributed by atoms with van der Waals surface area (Å²) in [6, 6.07) is 5.34. The van der Waals surface area contributed by atoms with Gasteiger partial charge in [0.25, 0.3) is 0 Å². The molecule has 2 rings (SSSR count). The number of rotatable bonds is 2. The first-order chi connectivity index (χ1) is 7.22. The van der Waals surface area contributed by atoms with Gasteiger partial charge in [-0.05, 0) is 17.7 Å². The van der Waals surface area contributed by atoms with Gasteiger partial charge >= 0.3 is 0 Å². The maximum absolute atomic E-state index is 9.22. The number of nitrogens with zero attached hydrogens (tertiary/aromatic N) is 1. The largest absolute Gasteiger partial charge is 0.392 e. The van der Waals surface area contributed by atoms with Gasteiger partial charge in [0.15, 0.2) is 0 Å². The van der Waals surface area contributed by atoms with E-state index in [2.05, 4.69) is 4.98 Å². The lowest BCUT2D eigenvalue weighted by molar-refractivity contribution is 0.282. The standard InChI is InChI=1S/C10H7Cl2NOS/c11-7-1-2-8(6(3-7)4-14)9-10(12)13-5-15-9/h1-3,5,14H,4H2. The number of aliphatic hydroxyl groups is 1. The molecule has 0 aliphatic heterocycles. The van der Waals surface area contributed by atoms with E-state index in [-0.39, 0.29) is 6.61 Å². The van der Waals surface area contributed by atoms with Crippen molar-refractivity contribution >= 4 is 34.5 Å². The fraction of sp³-hybridized carbons (Fsp3) is 0.100. The predicted molar refractivity (Wildman–Crippen MR) is 63.5 cm³/mol. The highest BCUT2D eigenvalue weighted by atomic mass is 35.5. The van der Waals surface area contributed by atoms with Gasteiger partial charge in [-0.15, -0.1) is 11.3 Å². The molecule has 0 spiro atoms. The topological polar surface area (TPSA) is 33.1 Å². The lowest BCUT2D eigenvalue weighted by Gasteiger charge is -2.05. The van der Waals surface area contributed by atoms with Gasteiger partial charge in [0, 0.05) is 10.6 Å². The van der Waals surface area contributed by atoms with E-state index < -0.39 is 0 Å². The minimum absolute atomic E-state index is 0.0654. The lowest BCUT2D eigenvalue weighted by atomic mass is 10.1. The average molecular weight is 260 g/mol. The summed E-state index contributed by atoms with van der Waals surface area (Å²) < 4.78 is 0. The maximum atomic E-state index is 9.22. The molecule has 1 heterocycles. The molecule has 0 fully saturated rings. The van der Waals surface area contributed by atoms with Crippen LogP contribution in [0.25, 0.3) is 10.4 Å². The van der Waals surface area contributed by atoms with Gasteiger partial charge in [-0.3, -0.25) is 0 Å². The molecule has 1 aromatic carbocycles. The van der Waals surface area contributed by atoms with E-state index in [0.717, 1.165) is 16.0 Å². The van der Waals surface area contributed by atoms with Crippen molar-refractivity contribution in [2.24, 2.45) is 0 Å². The lowest BCUT2D eigenvalue weighted by Crippen LogP contribution is -1.88. The van der Waals surface area contributed by atoms with Crippen LogP contribution in [0.3, 0.4) is 0 Å². The summed E-state index contributed by atoms with van der Waals surface area (Å²) in [5.41, 5.74) is 3.32. The summed E-state index contributed by atoms with van der Waals surface area (Å²) in [4.78, 5) is 4.82. The third kappa shape index (κ3) is 2.16. The van der Waals surface area contributed by atoms with Crippen molar-refractivity contribution in [2.75, 3.05) is 0 Å². The molecule has 78 valence electrons. The third-order valence-electron chi connectivity index (χ3n) is 2.01. The van der Waals surface area contributed by atoms with Crippen LogP contribution in [0, 0.1) is 0 Å². The highest BCUT2D eigenvalue weighted by molar-refractivity contribution is 7.14. The molecule has 0 saturated carbocycles. The summed E-state index contributed by atoms with van der Waals surface area (Å²) in [6.07, 6.45) is 0. The zero-order valence-electron chi connectivity index (χ0n) is 7.58. The maximum Gasteiger partial charge on any atom is 0.147 e. The molecule has 1 N–H and O–H groups in total. The van der Waals surface area contributed by atoms with Crippen LogP contribution >= 0.6 is 34.5 Å². The molecule has 5 heteroatoms. The second-order valence-corrected chi connectivity index (χ2v) is 4.58. The van der Waals surface area contributed by atoms with Gasteiger partial charge in [-0.1, -0.05) is 29.3 Å². The molecule has 2 nitrogen and oxygen atoms in total. The van der Waals surface area contributed by atoms with E-state index in [1.807, 2.05) is 6.07 Å². The zero-order chi connectivity index (χ0) is 10.8. The molecule has 0 saturated heterocycles. The van der Waals surface area contributed by atoms with Crippen LogP contribution in [-0.2, 0) is 6.61 Å². The Morgan fingerprint density at radius 3 is 2.73 bits per heavy atom.